The van der Waals surface area contributed by atoms with Gasteiger partial charge in [-0.25, -0.2) is 0 Å². The first-order valence-electron chi connectivity index (χ1n) is 12.2. The minimum absolute atomic E-state index is 0.0186. The molecule has 2 aliphatic rings. The van der Waals surface area contributed by atoms with E-state index in [0.717, 1.165) is 56.6 Å². The summed E-state index contributed by atoms with van der Waals surface area (Å²) >= 11 is 0. The van der Waals surface area contributed by atoms with Gasteiger partial charge in [-0.15, -0.1) is 0 Å². The van der Waals surface area contributed by atoms with E-state index < -0.39 is 0 Å². The van der Waals surface area contributed by atoms with E-state index in [1.54, 1.807) is 4.68 Å². The van der Waals surface area contributed by atoms with E-state index >= 15 is 0 Å². The lowest BCUT2D eigenvalue weighted by molar-refractivity contribution is -0.117. The number of nitrogens with one attached hydrogen (secondary N) is 1. The van der Waals surface area contributed by atoms with Gasteiger partial charge in [0, 0.05) is 50.6 Å². The topological polar surface area (TPSA) is 82.4 Å². The highest BCUT2D eigenvalue weighted by molar-refractivity contribution is 5.92. The second-order valence-corrected chi connectivity index (χ2v) is 8.99. The number of rotatable bonds is 6. The van der Waals surface area contributed by atoms with Crippen molar-refractivity contribution >= 4 is 23.2 Å². The van der Waals surface area contributed by atoms with Crippen molar-refractivity contribution in [2.24, 2.45) is 0 Å². The number of amides is 1. The van der Waals surface area contributed by atoms with E-state index in [0.29, 0.717) is 6.54 Å². The number of aromatic nitrogens is 4. The van der Waals surface area contributed by atoms with Crippen LogP contribution in [0.15, 0.2) is 54.6 Å². The summed E-state index contributed by atoms with van der Waals surface area (Å²) in [7, 11) is 0. The van der Waals surface area contributed by atoms with Crippen molar-refractivity contribution < 1.29 is 4.79 Å². The zero-order valence-corrected chi connectivity index (χ0v) is 19.5. The van der Waals surface area contributed by atoms with Crippen molar-refractivity contribution in [1.29, 1.82) is 0 Å². The molecule has 9 nitrogen and oxygen atoms in total. The minimum atomic E-state index is 0.0186. The smallest absolute Gasteiger partial charge is 0.250 e. The molecule has 1 aromatic heterocycles. The Morgan fingerprint density at radius 2 is 1.47 bits per heavy atom. The summed E-state index contributed by atoms with van der Waals surface area (Å²) < 4.78 is 1.76. The maximum Gasteiger partial charge on any atom is 0.250 e. The Morgan fingerprint density at radius 3 is 2.18 bits per heavy atom. The van der Waals surface area contributed by atoms with Crippen LogP contribution in [0.5, 0.6) is 0 Å². The Balaban J connectivity index is 1.11. The highest BCUT2D eigenvalue weighted by Gasteiger charge is 2.23. The van der Waals surface area contributed by atoms with Gasteiger partial charge in [0.15, 0.2) is 0 Å². The van der Waals surface area contributed by atoms with E-state index in [4.69, 9.17) is 0 Å². The van der Waals surface area contributed by atoms with Crippen LogP contribution in [-0.2, 0) is 4.79 Å². The number of anilines is 3. The quantitative estimate of drug-likeness (QED) is 0.606. The molecule has 5 rings (SSSR count). The molecule has 2 fully saturated rings. The van der Waals surface area contributed by atoms with Crippen LogP contribution in [0.25, 0.3) is 5.69 Å². The summed E-state index contributed by atoms with van der Waals surface area (Å²) in [6.07, 6.45) is 5.16. The summed E-state index contributed by atoms with van der Waals surface area (Å²) in [6.45, 7) is 5.72. The molecular formula is C25H32N8O. The van der Waals surface area contributed by atoms with Gasteiger partial charge in [0.05, 0.1) is 12.2 Å². The normalized spacial score (nSPS) is 17.4. The third-order valence-corrected chi connectivity index (χ3v) is 6.60. The highest BCUT2D eigenvalue weighted by Crippen LogP contribution is 2.22. The number of benzene rings is 2. The zero-order chi connectivity index (χ0) is 23.2. The third-order valence-electron chi connectivity index (χ3n) is 6.60. The molecule has 34 heavy (non-hydrogen) atoms. The fourth-order valence-corrected chi connectivity index (χ4v) is 4.71. The van der Waals surface area contributed by atoms with E-state index in [2.05, 4.69) is 47.7 Å². The number of tetrazole rings is 1. The van der Waals surface area contributed by atoms with Crippen LogP contribution in [-0.4, -0.2) is 76.8 Å². The maximum atomic E-state index is 12.6. The second-order valence-electron chi connectivity index (χ2n) is 8.99. The Labute approximate surface area is 200 Å². The fourth-order valence-electron chi connectivity index (χ4n) is 4.71. The number of hydrogen-bond donors (Lipinski definition) is 1. The maximum absolute atomic E-state index is 12.6. The Kier molecular flexibility index (Phi) is 6.99. The van der Waals surface area contributed by atoms with Gasteiger partial charge in [-0.2, -0.15) is 4.68 Å². The van der Waals surface area contributed by atoms with Gasteiger partial charge >= 0.3 is 0 Å². The summed E-state index contributed by atoms with van der Waals surface area (Å²) in [5.41, 5.74) is 3.03. The Hall–Kier alpha value is -3.46. The summed E-state index contributed by atoms with van der Waals surface area (Å²) in [6, 6.07) is 18.2. The number of nitrogens with zero attached hydrogens (tertiary/aromatic N) is 7. The average molecular weight is 461 g/mol. The van der Waals surface area contributed by atoms with Gasteiger partial charge in [-0.05, 0) is 59.7 Å². The van der Waals surface area contributed by atoms with Crippen molar-refractivity contribution in [2.75, 3.05) is 60.9 Å². The molecule has 3 heterocycles. The molecule has 1 N–H and O–H groups in total. The first kappa shape index (κ1) is 22.3. The van der Waals surface area contributed by atoms with Gasteiger partial charge < -0.3 is 15.1 Å². The molecule has 0 unspecified atom stereocenters. The van der Waals surface area contributed by atoms with Crippen LogP contribution in [0.2, 0.25) is 0 Å². The molecule has 0 atom stereocenters. The fraction of sp³-hybridized carbons (Fsp3) is 0.440. The summed E-state index contributed by atoms with van der Waals surface area (Å²) in [5, 5.41) is 15.3. The first-order chi connectivity index (χ1) is 16.8. The second kappa shape index (κ2) is 10.6. The lowest BCUT2D eigenvalue weighted by atomic mass is 10.2. The van der Waals surface area contributed by atoms with E-state index in [9.17, 15) is 4.79 Å². The Bertz CT molecular complexity index is 1050. The van der Waals surface area contributed by atoms with Gasteiger partial charge in [-0.1, -0.05) is 36.1 Å². The van der Waals surface area contributed by atoms with E-state index in [1.807, 2.05) is 42.5 Å². The third kappa shape index (κ3) is 5.36. The molecule has 9 heteroatoms. The molecule has 0 saturated carbocycles. The molecule has 0 radical (unpaired) electrons. The van der Waals surface area contributed by atoms with Gasteiger partial charge in [0.25, 0.3) is 0 Å². The van der Waals surface area contributed by atoms with Crippen molar-refractivity contribution in [1.82, 2.24) is 25.1 Å². The van der Waals surface area contributed by atoms with E-state index in [-0.39, 0.29) is 5.91 Å². The van der Waals surface area contributed by atoms with Gasteiger partial charge in [0.2, 0.25) is 11.9 Å². The highest BCUT2D eigenvalue weighted by atomic mass is 16.2. The molecule has 0 aliphatic carbocycles. The number of carbonyl (C=O) groups is 1. The van der Waals surface area contributed by atoms with E-state index in [1.165, 1.54) is 31.4 Å². The Morgan fingerprint density at radius 1 is 0.765 bits per heavy atom. The van der Waals surface area contributed by atoms with Crippen LogP contribution in [0.4, 0.5) is 17.3 Å². The van der Waals surface area contributed by atoms with Crippen LogP contribution < -0.4 is 15.1 Å². The lowest BCUT2D eigenvalue weighted by Gasteiger charge is -2.34. The molecule has 1 amide bonds. The first-order valence-corrected chi connectivity index (χ1v) is 12.2. The van der Waals surface area contributed by atoms with Crippen molar-refractivity contribution in [3.8, 4) is 5.69 Å². The number of hydrogen-bond acceptors (Lipinski definition) is 7. The van der Waals surface area contributed by atoms with Crippen molar-refractivity contribution in [3.05, 3.63) is 54.6 Å². The zero-order valence-electron chi connectivity index (χ0n) is 19.5. The van der Waals surface area contributed by atoms with Crippen LogP contribution >= 0.6 is 0 Å². The summed E-state index contributed by atoms with van der Waals surface area (Å²) in [5.74, 6) is 0.755. The number of carbonyl (C=O) groups excluding carboxylic acids is 1. The average Bonchev–Trinajstić information content (AvgIpc) is 3.20. The van der Waals surface area contributed by atoms with Gasteiger partial charge in [0.1, 0.15) is 0 Å². The molecule has 0 bridgehead atoms. The monoisotopic (exact) mass is 460 g/mol. The van der Waals surface area contributed by atoms with Crippen LogP contribution in [0, 0.1) is 0 Å². The summed E-state index contributed by atoms with van der Waals surface area (Å²) in [4.78, 5) is 19.4. The molecule has 0 spiro atoms. The molecule has 2 aromatic carbocycles. The van der Waals surface area contributed by atoms with Crippen molar-refractivity contribution in [3.63, 3.8) is 0 Å². The van der Waals surface area contributed by atoms with Crippen LogP contribution in [0.1, 0.15) is 25.7 Å². The standard InChI is InChI=1S/C25H32N8O/c34-24(26-21-10-12-22(13-11-21)31-14-6-1-2-7-15-31)20-30-16-18-32(19-17-30)25-27-28-29-33(25)23-8-4-3-5-9-23/h3-5,8-13H,1-2,6-7,14-20H2,(H,26,34). The molecule has 178 valence electrons. The molecular weight excluding hydrogens is 428 g/mol. The predicted molar refractivity (Wildman–Crippen MR) is 134 cm³/mol. The largest absolute Gasteiger partial charge is 0.372 e. The predicted octanol–water partition coefficient (Wildman–Crippen LogP) is 2.80. The minimum Gasteiger partial charge on any atom is -0.372 e. The lowest BCUT2D eigenvalue weighted by Crippen LogP contribution is -2.49. The number of para-hydroxylation sites is 1. The molecule has 2 saturated heterocycles. The SMILES string of the molecule is O=C(CN1CCN(c2nnnn2-c2ccccc2)CC1)Nc1ccc(N2CCCCCC2)cc1. The molecule has 2 aliphatic heterocycles. The van der Waals surface area contributed by atoms with Gasteiger partial charge in [-0.3, -0.25) is 9.69 Å². The van der Waals surface area contributed by atoms with Crippen molar-refractivity contribution in [2.45, 2.75) is 25.7 Å². The molecule has 3 aromatic rings. The number of piperazine rings is 1. The van der Waals surface area contributed by atoms with Crippen LogP contribution in [0.3, 0.4) is 0 Å².